The van der Waals surface area contributed by atoms with E-state index in [4.69, 9.17) is 19.2 Å². The summed E-state index contributed by atoms with van der Waals surface area (Å²) in [6.07, 6.45) is 7.56. The predicted molar refractivity (Wildman–Crippen MR) is 111 cm³/mol. The first-order valence-corrected chi connectivity index (χ1v) is 11.0. The Hall–Kier alpha value is -1.86. The van der Waals surface area contributed by atoms with Gasteiger partial charge in [-0.1, -0.05) is 30.6 Å². The number of rotatable bonds is 6. The lowest BCUT2D eigenvalue weighted by Gasteiger charge is -2.29. The van der Waals surface area contributed by atoms with E-state index in [1.165, 1.54) is 17.8 Å². The van der Waals surface area contributed by atoms with Crippen LogP contribution in [0.25, 0.3) is 10.2 Å². The molecule has 152 valence electrons. The maximum absolute atomic E-state index is 13.4. The second-order valence-electron chi connectivity index (χ2n) is 7.56. The highest BCUT2D eigenvalue weighted by atomic mass is 32.1. The Bertz CT molecular complexity index is 784. The van der Waals surface area contributed by atoms with E-state index in [2.05, 4.69) is 0 Å². The van der Waals surface area contributed by atoms with Crippen LogP contribution >= 0.6 is 11.3 Å². The molecule has 0 spiro atoms. The second-order valence-corrected chi connectivity index (χ2v) is 8.54. The number of anilines is 1. The van der Waals surface area contributed by atoms with Crippen molar-refractivity contribution in [1.29, 1.82) is 0 Å². The van der Waals surface area contributed by atoms with E-state index >= 15 is 0 Å². The van der Waals surface area contributed by atoms with Gasteiger partial charge in [0.05, 0.1) is 26.9 Å². The third kappa shape index (κ3) is 3.82. The number of nitrogens with zero attached hydrogens (tertiary/aromatic N) is 2. The Balaban J connectivity index is 1.71. The number of carbonyl (C=O) groups is 1. The van der Waals surface area contributed by atoms with Gasteiger partial charge in [0.25, 0.3) is 0 Å². The molecular formula is C21H28N2O4S. The molecule has 2 heterocycles. The van der Waals surface area contributed by atoms with E-state index in [-0.39, 0.29) is 17.9 Å². The van der Waals surface area contributed by atoms with Crippen LogP contribution in [0.3, 0.4) is 0 Å². The van der Waals surface area contributed by atoms with E-state index < -0.39 is 0 Å². The minimum absolute atomic E-state index is 0.0864. The lowest BCUT2D eigenvalue weighted by atomic mass is 9.88. The molecule has 2 aromatic rings. The normalized spacial score (nSPS) is 20.4. The molecule has 0 radical (unpaired) electrons. The number of thiazole rings is 1. The number of carbonyl (C=O) groups excluding carboxylic acids is 1. The first kappa shape index (κ1) is 19.5. The molecule has 0 bridgehead atoms. The summed E-state index contributed by atoms with van der Waals surface area (Å²) in [5.74, 6) is 1.72. The smallest absolute Gasteiger partial charge is 0.231 e. The number of fused-ring (bicyclic) bond motifs is 1. The van der Waals surface area contributed by atoms with Crippen LogP contribution in [0.1, 0.15) is 44.9 Å². The third-order valence-corrected chi connectivity index (χ3v) is 6.85. The van der Waals surface area contributed by atoms with Crippen LogP contribution in [0.2, 0.25) is 0 Å². The van der Waals surface area contributed by atoms with Crippen LogP contribution in [0.4, 0.5) is 5.13 Å². The number of hydrogen-bond donors (Lipinski definition) is 0. The topological polar surface area (TPSA) is 60.9 Å². The zero-order chi connectivity index (χ0) is 19.5. The van der Waals surface area contributed by atoms with Gasteiger partial charge in [-0.05, 0) is 37.8 Å². The lowest BCUT2D eigenvalue weighted by Crippen LogP contribution is -2.41. The summed E-state index contributed by atoms with van der Waals surface area (Å²) < 4.78 is 17.8. The van der Waals surface area contributed by atoms with Crippen molar-refractivity contribution in [2.45, 2.75) is 51.0 Å². The lowest BCUT2D eigenvalue weighted by molar-refractivity contribution is -0.123. The van der Waals surface area contributed by atoms with Crippen molar-refractivity contribution in [3.05, 3.63) is 12.1 Å². The largest absolute Gasteiger partial charge is 0.495 e. The van der Waals surface area contributed by atoms with Crippen LogP contribution < -0.4 is 14.4 Å². The van der Waals surface area contributed by atoms with Crippen molar-refractivity contribution < 1.29 is 19.0 Å². The standard InChI is InChI=1S/C21H28N2O4S/c1-25-16-10-11-17(26-2)19-18(16)22-21(28-19)23(13-15-9-6-12-27-15)20(24)14-7-4-3-5-8-14/h10-11,14-15H,3-9,12-13H2,1-2H3. The summed E-state index contributed by atoms with van der Waals surface area (Å²) >= 11 is 1.50. The minimum Gasteiger partial charge on any atom is -0.495 e. The van der Waals surface area contributed by atoms with Gasteiger partial charge in [-0.25, -0.2) is 4.98 Å². The summed E-state index contributed by atoms with van der Waals surface area (Å²) in [4.78, 5) is 20.1. The summed E-state index contributed by atoms with van der Waals surface area (Å²) in [6, 6.07) is 3.74. The van der Waals surface area contributed by atoms with Crippen LogP contribution in [-0.2, 0) is 9.53 Å². The van der Waals surface area contributed by atoms with Gasteiger partial charge >= 0.3 is 0 Å². The van der Waals surface area contributed by atoms with Crippen molar-refractivity contribution in [1.82, 2.24) is 4.98 Å². The predicted octanol–water partition coefficient (Wildman–Crippen LogP) is 4.41. The minimum atomic E-state index is 0.0864. The molecule has 28 heavy (non-hydrogen) atoms. The van der Waals surface area contributed by atoms with Gasteiger partial charge in [-0.15, -0.1) is 0 Å². The third-order valence-electron chi connectivity index (χ3n) is 5.76. The van der Waals surface area contributed by atoms with Crippen LogP contribution in [-0.4, -0.2) is 44.4 Å². The van der Waals surface area contributed by atoms with Gasteiger partial charge in [0.2, 0.25) is 5.91 Å². The van der Waals surface area contributed by atoms with Gasteiger partial charge in [-0.3, -0.25) is 9.69 Å². The van der Waals surface area contributed by atoms with Crippen molar-refractivity contribution in [3.63, 3.8) is 0 Å². The van der Waals surface area contributed by atoms with E-state index in [0.717, 1.165) is 61.1 Å². The van der Waals surface area contributed by atoms with Gasteiger partial charge in [0.1, 0.15) is 21.7 Å². The molecule has 6 nitrogen and oxygen atoms in total. The molecule has 0 N–H and O–H groups in total. The van der Waals surface area contributed by atoms with Gasteiger partial charge in [0.15, 0.2) is 5.13 Å². The second kappa shape index (κ2) is 8.66. The average molecular weight is 405 g/mol. The molecule has 1 saturated carbocycles. The number of amides is 1. The Labute approximate surface area is 169 Å². The molecule has 1 aromatic heterocycles. The Kier molecular flexibility index (Phi) is 6.01. The van der Waals surface area contributed by atoms with Crippen LogP contribution in [0.15, 0.2) is 12.1 Å². The Morgan fingerprint density at radius 2 is 1.89 bits per heavy atom. The van der Waals surface area contributed by atoms with Crippen LogP contribution in [0.5, 0.6) is 11.5 Å². The zero-order valence-corrected chi connectivity index (χ0v) is 17.4. The van der Waals surface area contributed by atoms with Crippen molar-refractivity contribution >= 4 is 32.6 Å². The Morgan fingerprint density at radius 3 is 2.57 bits per heavy atom. The summed E-state index contributed by atoms with van der Waals surface area (Å²) in [6.45, 7) is 1.34. The number of benzene rings is 1. The van der Waals surface area contributed by atoms with E-state index in [9.17, 15) is 4.79 Å². The first-order valence-electron chi connectivity index (χ1n) is 10.2. The molecule has 1 aliphatic carbocycles. The average Bonchev–Trinajstić information content (AvgIpc) is 3.41. The SMILES string of the molecule is COc1ccc(OC)c2sc(N(CC3CCCO3)C(=O)C3CCCCC3)nc12. The molecule has 7 heteroatoms. The molecular weight excluding hydrogens is 376 g/mol. The Morgan fingerprint density at radius 1 is 1.14 bits per heavy atom. The van der Waals surface area contributed by atoms with E-state index in [1.807, 2.05) is 17.0 Å². The molecule has 2 fully saturated rings. The molecule has 1 aliphatic heterocycles. The fourth-order valence-electron chi connectivity index (χ4n) is 4.21. The van der Waals surface area contributed by atoms with E-state index in [0.29, 0.717) is 17.4 Å². The molecule has 2 aliphatic rings. The first-order chi connectivity index (χ1) is 13.7. The highest BCUT2D eigenvalue weighted by Crippen LogP contribution is 2.41. The summed E-state index contributed by atoms with van der Waals surface area (Å²) in [5.41, 5.74) is 0.746. The van der Waals surface area contributed by atoms with E-state index in [1.54, 1.807) is 14.2 Å². The van der Waals surface area contributed by atoms with Gasteiger partial charge in [0, 0.05) is 12.5 Å². The number of ether oxygens (including phenoxy) is 3. The fourth-order valence-corrected chi connectivity index (χ4v) is 5.30. The van der Waals surface area contributed by atoms with Gasteiger partial charge < -0.3 is 14.2 Å². The number of methoxy groups -OCH3 is 2. The van der Waals surface area contributed by atoms with Crippen molar-refractivity contribution in [2.75, 3.05) is 32.3 Å². The molecule has 1 atom stereocenters. The maximum atomic E-state index is 13.4. The van der Waals surface area contributed by atoms with Crippen LogP contribution in [0, 0.1) is 5.92 Å². The molecule has 1 amide bonds. The number of hydrogen-bond acceptors (Lipinski definition) is 6. The molecule has 1 saturated heterocycles. The van der Waals surface area contributed by atoms with Crippen molar-refractivity contribution in [2.24, 2.45) is 5.92 Å². The highest BCUT2D eigenvalue weighted by Gasteiger charge is 2.32. The van der Waals surface area contributed by atoms with Gasteiger partial charge in [-0.2, -0.15) is 0 Å². The fraction of sp³-hybridized carbons (Fsp3) is 0.619. The summed E-state index contributed by atoms with van der Waals surface area (Å²) in [7, 11) is 3.29. The highest BCUT2D eigenvalue weighted by molar-refractivity contribution is 7.22. The summed E-state index contributed by atoms with van der Waals surface area (Å²) in [5, 5.41) is 0.712. The van der Waals surface area contributed by atoms with Crippen molar-refractivity contribution in [3.8, 4) is 11.5 Å². The molecule has 1 aromatic carbocycles. The maximum Gasteiger partial charge on any atom is 0.231 e. The quantitative estimate of drug-likeness (QED) is 0.714. The zero-order valence-electron chi connectivity index (χ0n) is 16.6. The molecule has 4 rings (SSSR count). The molecule has 1 unspecified atom stereocenters. The number of aromatic nitrogens is 1. The monoisotopic (exact) mass is 404 g/mol.